The number of carbonyl (C=O) groups excluding carboxylic acids is 1. The molecule has 1 N–H and O–H groups in total. The number of nitrogens with zero attached hydrogens (tertiary/aromatic N) is 3. The summed E-state index contributed by atoms with van der Waals surface area (Å²) in [6, 6.07) is 9.99. The van der Waals surface area contributed by atoms with Crippen molar-refractivity contribution < 1.29 is 18.3 Å². The molecule has 0 bridgehead atoms. The fourth-order valence-corrected chi connectivity index (χ4v) is 4.25. The van der Waals surface area contributed by atoms with Gasteiger partial charge >= 0.3 is 0 Å². The molecule has 1 aliphatic heterocycles. The maximum atomic E-state index is 12.5. The molecule has 1 aromatic carbocycles. The highest BCUT2D eigenvalue weighted by Gasteiger charge is 2.25. The van der Waals surface area contributed by atoms with Crippen molar-refractivity contribution in [3.63, 3.8) is 0 Å². The summed E-state index contributed by atoms with van der Waals surface area (Å²) in [4.78, 5) is 14.4. The number of carbonyl (C=O) groups is 1. The van der Waals surface area contributed by atoms with Gasteiger partial charge in [-0.1, -0.05) is 25.1 Å². The summed E-state index contributed by atoms with van der Waals surface area (Å²) >= 11 is 0. The molecule has 1 amide bonds. The molecule has 140 valence electrons. The lowest BCUT2D eigenvalue weighted by atomic mass is 10.2. The molecule has 0 spiro atoms. The van der Waals surface area contributed by atoms with E-state index < -0.39 is 15.9 Å². The fraction of sp³-hybridized carbons (Fsp3) is 0.444. The first-order valence-electron chi connectivity index (χ1n) is 8.71. The maximum absolute atomic E-state index is 12.5. The predicted molar refractivity (Wildman–Crippen MR) is 96.0 cm³/mol. The van der Waals surface area contributed by atoms with Gasteiger partial charge in [0.15, 0.2) is 9.84 Å². The highest BCUT2D eigenvalue weighted by atomic mass is 32.2. The number of sulfone groups is 1. The standard InChI is InChI=1S/C18H23N3O4S/c1-2-17(22)16-12-14-13-20(9-10-21(14)19-16)18(23)8-11-26(24,25)15-6-4-3-5-7-15/h3-7,12,17,22H,2,8-11,13H2,1H3. The fourth-order valence-electron chi connectivity index (χ4n) is 3.00. The smallest absolute Gasteiger partial charge is 0.224 e. The van der Waals surface area contributed by atoms with E-state index in [9.17, 15) is 18.3 Å². The number of aliphatic hydroxyl groups excluding tert-OH is 1. The Bertz CT molecular complexity index is 877. The number of fused-ring (bicyclic) bond motifs is 1. The lowest BCUT2D eigenvalue weighted by Gasteiger charge is -2.27. The van der Waals surface area contributed by atoms with Crippen LogP contribution in [0.4, 0.5) is 0 Å². The van der Waals surface area contributed by atoms with Crippen molar-refractivity contribution in [2.45, 2.75) is 43.9 Å². The molecule has 1 aliphatic rings. The Labute approximate surface area is 153 Å². The van der Waals surface area contributed by atoms with Crippen LogP contribution in [0.2, 0.25) is 0 Å². The molecule has 0 saturated heterocycles. The normalized spacial score (nSPS) is 15.5. The van der Waals surface area contributed by atoms with Crippen LogP contribution in [0.25, 0.3) is 0 Å². The summed E-state index contributed by atoms with van der Waals surface area (Å²) in [5.74, 6) is -0.389. The number of rotatable bonds is 6. The summed E-state index contributed by atoms with van der Waals surface area (Å²) in [5.41, 5.74) is 1.47. The van der Waals surface area contributed by atoms with E-state index in [1.165, 1.54) is 0 Å². The van der Waals surface area contributed by atoms with Crippen molar-refractivity contribution in [2.75, 3.05) is 12.3 Å². The summed E-state index contributed by atoms with van der Waals surface area (Å²) in [5, 5.41) is 14.3. The van der Waals surface area contributed by atoms with E-state index in [4.69, 9.17) is 0 Å². The van der Waals surface area contributed by atoms with Crippen LogP contribution in [-0.4, -0.2) is 46.4 Å². The Morgan fingerprint density at radius 1 is 1.27 bits per heavy atom. The summed E-state index contributed by atoms with van der Waals surface area (Å²) in [7, 11) is -3.46. The van der Waals surface area contributed by atoms with Crippen molar-refractivity contribution >= 4 is 15.7 Å². The lowest BCUT2D eigenvalue weighted by molar-refractivity contribution is -0.132. The number of amides is 1. The van der Waals surface area contributed by atoms with Gasteiger partial charge in [-0.25, -0.2) is 8.42 Å². The van der Waals surface area contributed by atoms with Gasteiger partial charge in [0, 0.05) is 13.0 Å². The second-order valence-corrected chi connectivity index (χ2v) is 8.51. The van der Waals surface area contributed by atoms with Crippen LogP contribution in [0.15, 0.2) is 41.3 Å². The highest BCUT2D eigenvalue weighted by Crippen LogP contribution is 2.21. The number of hydrogen-bond acceptors (Lipinski definition) is 5. The number of hydrogen-bond donors (Lipinski definition) is 1. The van der Waals surface area contributed by atoms with Gasteiger partial charge in [0.05, 0.1) is 41.2 Å². The van der Waals surface area contributed by atoms with Crippen molar-refractivity contribution in [1.82, 2.24) is 14.7 Å². The number of aromatic nitrogens is 2. The van der Waals surface area contributed by atoms with Crippen LogP contribution in [0.5, 0.6) is 0 Å². The van der Waals surface area contributed by atoms with E-state index in [2.05, 4.69) is 5.10 Å². The van der Waals surface area contributed by atoms with Gasteiger partial charge in [0.2, 0.25) is 5.91 Å². The van der Waals surface area contributed by atoms with Gasteiger partial charge in [-0.15, -0.1) is 0 Å². The van der Waals surface area contributed by atoms with Gasteiger partial charge in [0.25, 0.3) is 0 Å². The van der Waals surface area contributed by atoms with Crippen LogP contribution in [0.1, 0.15) is 37.3 Å². The molecule has 2 aromatic rings. The van der Waals surface area contributed by atoms with Crippen LogP contribution in [0.3, 0.4) is 0 Å². The molecular formula is C18H23N3O4S. The molecule has 26 heavy (non-hydrogen) atoms. The Kier molecular flexibility index (Phi) is 5.43. The van der Waals surface area contributed by atoms with Crippen LogP contribution < -0.4 is 0 Å². The van der Waals surface area contributed by atoms with Gasteiger partial charge in [-0.2, -0.15) is 5.10 Å². The molecule has 0 aliphatic carbocycles. The van der Waals surface area contributed by atoms with E-state index in [-0.39, 0.29) is 23.0 Å². The highest BCUT2D eigenvalue weighted by molar-refractivity contribution is 7.91. The van der Waals surface area contributed by atoms with E-state index in [0.717, 1.165) is 5.69 Å². The molecule has 3 rings (SSSR count). The molecular weight excluding hydrogens is 354 g/mol. The third-order valence-corrected chi connectivity index (χ3v) is 6.32. The topological polar surface area (TPSA) is 92.5 Å². The first kappa shape index (κ1) is 18.6. The zero-order valence-corrected chi connectivity index (χ0v) is 15.5. The van der Waals surface area contributed by atoms with Gasteiger partial charge in [-0.3, -0.25) is 9.48 Å². The zero-order valence-electron chi connectivity index (χ0n) is 14.7. The average Bonchev–Trinajstić information content (AvgIpc) is 3.09. The van der Waals surface area contributed by atoms with Crippen molar-refractivity contribution in [3.8, 4) is 0 Å². The second kappa shape index (κ2) is 7.59. The SMILES string of the molecule is CCC(O)c1cc2n(n1)CCN(C(=O)CCS(=O)(=O)c1ccccc1)C2. The molecule has 7 nitrogen and oxygen atoms in total. The van der Waals surface area contributed by atoms with Crippen LogP contribution in [-0.2, 0) is 27.7 Å². The minimum atomic E-state index is -3.46. The third-order valence-electron chi connectivity index (χ3n) is 4.58. The Morgan fingerprint density at radius 3 is 2.69 bits per heavy atom. The summed E-state index contributed by atoms with van der Waals surface area (Å²) < 4.78 is 26.4. The molecule has 8 heteroatoms. The summed E-state index contributed by atoms with van der Waals surface area (Å²) in [6.45, 7) is 3.29. The van der Waals surface area contributed by atoms with Gasteiger partial charge in [0.1, 0.15) is 0 Å². The third kappa shape index (κ3) is 3.96. The monoisotopic (exact) mass is 377 g/mol. The molecule has 1 aromatic heterocycles. The zero-order chi connectivity index (χ0) is 18.7. The Balaban J connectivity index is 1.62. The van der Waals surface area contributed by atoms with Crippen molar-refractivity contribution in [2.24, 2.45) is 0 Å². The number of benzene rings is 1. The lowest BCUT2D eigenvalue weighted by Crippen LogP contribution is -2.39. The summed E-state index contributed by atoms with van der Waals surface area (Å²) in [6.07, 6.45) is -0.0695. The average molecular weight is 377 g/mol. The first-order valence-corrected chi connectivity index (χ1v) is 10.4. The van der Waals surface area contributed by atoms with Crippen molar-refractivity contribution in [3.05, 3.63) is 47.8 Å². The van der Waals surface area contributed by atoms with E-state index in [0.29, 0.717) is 31.7 Å². The minimum absolute atomic E-state index is 0.0458. The molecule has 0 fully saturated rings. The Morgan fingerprint density at radius 2 is 2.00 bits per heavy atom. The van der Waals surface area contributed by atoms with E-state index >= 15 is 0 Å². The second-order valence-electron chi connectivity index (χ2n) is 6.40. The van der Waals surface area contributed by atoms with E-state index in [1.54, 1.807) is 39.9 Å². The van der Waals surface area contributed by atoms with Gasteiger partial charge < -0.3 is 10.0 Å². The molecule has 0 saturated carbocycles. The Hall–Kier alpha value is -2.19. The molecule has 0 radical (unpaired) electrons. The maximum Gasteiger partial charge on any atom is 0.224 e. The van der Waals surface area contributed by atoms with E-state index in [1.807, 2.05) is 13.0 Å². The minimum Gasteiger partial charge on any atom is -0.387 e. The quantitative estimate of drug-likeness (QED) is 0.824. The first-order chi connectivity index (χ1) is 12.4. The molecule has 1 atom stereocenters. The largest absolute Gasteiger partial charge is 0.387 e. The molecule has 2 heterocycles. The number of aliphatic hydroxyl groups is 1. The predicted octanol–water partition coefficient (Wildman–Crippen LogP) is 1.53. The van der Waals surface area contributed by atoms with Crippen LogP contribution >= 0.6 is 0 Å². The van der Waals surface area contributed by atoms with Crippen LogP contribution in [0, 0.1) is 0 Å². The van der Waals surface area contributed by atoms with Crippen molar-refractivity contribution in [1.29, 1.82) is 0 Å². The molecule has 1 unspecified atom stereocenters. The van der Waals surface area contributed by atoms with Gasteiger partial charge in [-0.05, 0) is 24.6 Å².